The zero-order valence-corrected chi connectivity index (χ0v) is 14.3. The molecule has 6 nitrogen and oxygen atoms in total. The molecule has 0 amide bonds. The van der Waals surface area contributed by atoms with Gasteiger partial charge in [-0.25, -0.2) is 13.4 Å². The Bertz CT molecular complexity index is 956. The molecule has 0 fully saturated rings. The first-order chi connectivity index (χ1) is 12.1. The Balaban J connectivity index is 2.04. The van der Waals surface area contributed by atoms with Crippen molar-refractivity contribution in [3.63, 3.8) is 0 Å². The van der Waals surface area contributed by atoms with Crippen molar-refractivity contribution in [2.24, 2.45) is 0 Å². The largest absolute Gasteiger partial charge is 0.474 e. The van der Waals surface area contributed by atoms with Crippen LogP contribution in [-0.2, 0) is 16.2 Å². The highest BCUT2D eigenvalue weighted by Gasteiger charge is 2.34. The molecule has 26 heavy (non-hydrogen) atoms. The fraction of sp³-hybridized carbons (Fsp3) is 0.250. The summed E-state index contributed by atoms with van der Waals surface area (Å²) in [6.45, 7) is 1.28. The second-order valence-electron chi connectivity index (χ2n) is 5.55. The summed E-state index contributed by atoms with van der Waals surface area (Å²) in [6, 6.07) is 4.55. The van der Waals surface area contributed by atoms with Gasteiger partial charge in [-0.3, -0.25) is 9.10 Å². The van der Waals surface area contributed by atoms with E-state index in [4.69, 9.17) is 4.74 Å². The second kappa shape index (κ2) is 6.27. The van der Waals surface area contributed by atoms with Gasteiger partial charge in [0.15, 0.2) is 5.78 Å². The van der Waals surface area contributed by atoms with Gasteiger partial charge < -0.3 is 4.74 Å². The molecule has 0 N–H and O–H groups in total. The van der Waals surface area contributed by atoms with Gasteiger partial charge in [-0.2, -0.15) is 13.2 Å². The number of sulfonamides is 1. The number of anilines is 1. The normalized spacial score (nSPS) is 14.5. The number of fused-ring (bicyclic) bond motifs is 1. The minimum absolute atomic E-state index is 0.0271. The van der Waals surface area contributed by atoms with Crippen molar-refractivity contribution in [2.75, 3.05) is 17.5 Å². The molecule has 1 aliphatic heterocycles. The number of nitrogens with zero attached hydrogens (tertiary/aromatic N) is 2. The lowest BCUT2D eigenvalue weighted by Gasteiger charge is -2.29. The number of carbonyl (C=O) groups is 1. The van der Waals surface area contributed by atoms with Crippen LogP contribution in [0.4, 0.5) is 18.9 Å². The number of Topliss-reactive ketones (excluding diaryl/α,β-unsaturated/α-hetero) is 1. The summed E-state index contributed by atoms with van der Waals surface area (Å²) in [5.74, 6) is -0.269. The SMILES string of the molecule is CC(=O)c1cnc2c(c1)N(S(=O)(=O)c1ccc(C(F)(F)F)cc1)CCO2. The van der Waals surface area contributed by atoms with Gasteiger partial charge in [0, 0.05) is 11.8 Å². The minimum Gasteiger partial charge on any atom is -0.474 e. The molecule has 0 radical (unpaired) electrons. The van der Waals surface area contributed by atoms with E-state index in [0.717, 1.165) is 16.4 Å². The molecule has 0 bridgehead atoms. The lowest BCUT2D eigenvalue weighted by Crippen LogP contribution is -2.38. The first-order valence-corrected chi connectivity index (χ1v) is 8.88. The lowest BCUT2D eigenvalue weighted by molar-refractivity contribution is -0.137. The van der Waals surface area contributed by atoms with E-state index in [0.29, 0.717) is 12.1 Å². The first-order valence-electron chi connectivity index (χ1n) is 7.44. The molecule has 0 saturated carbocycles. The number of hydrogen-bond donors (Lipinski definition) is 0. The van der Waals surface area contributed by atoms with Crippen molar-refractivity contribution >= 4 is 21.5 Å². The second-order valence-corrected chi connectivity index (χ2v) is 7.41. The quantitative estimate of drug-likeness (QED) is 0.758. The molecule has 0 unspecified atom stereocenters. The molecule has 1 aromatic carbocycles. The van der Waals surface area contributed by atoms with Crippen LogP contribution in [0.15, 0.2) is 41.4 Å². The molecule has 2 aromatic rings. The molecule has 2 heterocycles. The molecule has 1 aromatic heterocycles. The van der Waals surface area contributed by atoms with Crippen LogP contribution < -0.4 is 9.04 Å². The lowest BCUT2D eigenvalue weighted by atomic mass is 10.2. The molecule has 0 saturated heterocycles. The van der Waals surface area contributed by atoms with Crippen molar-refractivity contribution in [3.05, 3.63) is 47.7 Å². The molecule has 138 valence electrons. The van der Waals surface area contributed by atoms with Gasteiger partial charge in [-0.15, -0.1) is 0 Å². The van der Waals surface area contributed by atoms with Crippen LogP contribution in [0.2, 0.25) is 0 Å². The maximum absolute atomic E-state index is 12.9. The van der Waals surface area contributed by atoms with Crippen LogP contribution >= 0.6 is 0 Å². The number of halogens is 3. The Labute approximate surface area is 147 Å². The fourth-order valence-electron chi connectivity index (χ4n) is 2.46. The summed E-state index contributed by atoms with van der Waals surface area (Å²) in [7, 11) is -4.15. The zero-order chi connectivity index (χ0) is 19.1. The van der Waals surface area contributed by atoms with Crippen molar-refractivity contribution < 1.29 is 31.1 Å². The van der Waals surface area contributed by atoms with Crippen LogP contribution in [0.1, 0.15) is 22.8 Å². The summed E-state index contributed by atoms with van der Waals surface area (Å²) < 4.78 is 70.0. The predicted octanol–water partition coefficient (Wildman–Crippen LogP) is 2.89. The summed E-state index contributed by atoms with van der Waals surface area (Å²) in [5, 5.41) is 0. The number of ketones is 1. The monoisotopic (exact) mass is 386 g/mol. The van der Waals surface area contributed by atoms with Gasteiger partial charge in [0.1, 0.15) is 12.3 Å². The Morgan fingerprint density at radius 3 is 2.46 bits per heavy atom. The van der Waals surface area contributed by atoms with Crippen LogP contribution in [0.25, 0.3) is 0 Å². The van der Waals surface area contributed by atoms with Gasteiger partial charge in [0.05, 0.1) is 17.0 Å². The molecule has 1 aliphatic rings. The van der Waals surface area contributed by atoms with E-state index in [1.807, 2.05) is 0 Å². The van der Waals surface area contributed by atoms with Gasteiger partial charge >= 0.3 is 6.18 Å². The molecular weight excluding hydrogens is 373 g/mol. The van der Waals surface area contributed by atoms with Crippen LogP contribution in [0.3, 0.4) is 0 Å². The first kappa shape index (κ1) is 18.2. The predicted molar refractivity (Wildman–Crippen MR) is 85.7 cm³/mol. The minimum atomic E-state index is -4.56. The van der Waals surface area contributed by atoms with Crippen molar-refractivity contribution in [1.82, 2.24) is 4.98 Å². The summed E-state index contributed by atoms with van der Waals surface area (Å²) in [6.07, 6.45) is -3.29. The van der Waals surface area contributed by atoms with Gasteiger partial charge in [-0.1, -0.05) is 0 Å². The highest BCUT2D eigenvalue weighted by atomic mass is 32.2. The third-order valence-corrected chi connectivity index (χ3v) is 5.64. The van der Waals surface area contributed by atoms with Crippen LogP contribution in [-0.4, -0.2) is 32.3 Å². The third-order valence-electron chi connectivity index (χ3n) is 3.81. The Kier molecular flexibility index (Phi) is 4.39. The summed E-state index contributed by atoms with van der Waals surface area (Å²) in [5.41, 5.74) is -0.676. The zero-order valence-electron chi connectivity index (χ0n) is 13.4. The maximum Gasteiger partial charge on any atom is 0.416 e. The van der Waals surface area contributed by atoms with E-state index >= 15 is 0 Å². The average Bonchev–Trinajstić information content (AvgIpc) is 2.60. The highest BCUT2D eigenvalue weighted by Crippen LogP contribution is 2.35. The van der Waals surface area contributed by atoms with E-state index in [1.54, 1.807) is 0 Å². The number of alkyl halides is 3. The number of ether oxygens (including phenoxy) is 1. The van der Waals surface area contributed by atoms with Crippen LogP contribution in [0, 0.1) is 0 Å². The average molecular weight is 386 g/mol. The number of benzene rings is 1. The summed E-state index contributed by atoms with van der Waals surface area (Å²) in [4.78, 5) is 15.2. The van der Waals surface area contributed by atoms with Crippen molar-refractivity contribution in [3.8, 4) is 5.88 Å². The molecule has 0 spiro atoms. The van der Waals surface area contributed by atoms with Gasteiger partial charge in [0.25, 0.3) is 10.0 Å². The highest BCUT2D eigenvalue weighted by molar-refractivity contribution is 7.92. The number of carbonyl (C=O) groups excluding carboxylic acids is 1. The van der Waals surface area contributed by atoms with E-state index in [-0.39, 0.29) is 41.0 Å². The Hall–Kier alpha value is -2.62. The molecule has 0 atom stereocenters. The van der Waals surface area contributed by atoms with Gasteiger partial charge in [-0.05, 0) is 37.3 Å². The molecule has 10 heteroatoms. The van der Waals surface area contributed by atoms with E-state index in [1.165, 1.54) is 19.2 Å². The molecule has 3 rings (SSSR count). The standard InChI is InChI=1S/C16H13F3N2O4S/c1-10(22)11-8-14-15(20-9-11)25-7-6-21(14)26(23,24)13-4-2-12(3-5-13)16(17,18)19/h2-5,8-9H,6-7H2,1H3. The number of rotatable bonds is 3. The number of pyridine rings is 1. The third kappa shape index (κ3) is 3.24. The Morgan fingerprint density at radius 1 is 1.23 bits per heavy atom. The van der Waals surface area contributed by atoms with E-state index in [9.17, 15) is 26.4 Å². The fourth-order valence-corrected chi connectivity index (χ4v) is 3.90. The molecular formula is C16H13F3N2O4S. The van der Waals surface area contributed by atoms with Crippen LogP contribution in [0.5, 0.6) is 5.88 Å². The maximum atomic E-state index is 12.9. The topological polar surface area (TPSA) is 76.6 Å². The van der Waals surface area contributed by atoms with Gasteiger partial charge in [0.2, 0.25) is 5.88 Å². The molecule has 0 aliphatic carbocycles. The van der Waals surface area contributed by atoms with Crippen molar-refractivity contribution in [1.29, 1.82) is 0 Å². The number of hydrogen-bond acceptors (Lipinski definition) is 5. The van der Waals surface area contributed by atoms with Crippen molar-refractivity contribution in [2.45, 2.75) is 18.0 Å². The Morgan fingerprint density at radius 2 is 1.88 bits per heavy atom. The smallest absolute Gasteiger partial charge is 0.416 e. The number of aromatic nitrogens is 1. The van der Waals surface area contributed by atoms with E-state index < -0.39 is 21.8 Å². The van der Waals surface area contributed by atoms with E-state index in [2.05, 4.69) is 4.98 Å². The summed E-state index contributed by atoms with van der Waals surface area (Å²) >= 11 is 0.